The highest BCUT2D eigenvalue weighted by atomic mass is 35.5. The molecule has 0 spiro atoms. The second kappa shape index (κ2) is 4.72. The molecule has 0 aliphatic carbocycles. The van der Waals surface area contributed by atoms with Crippen LogP contribution in [0.3, 0.4) is 0 Å². The van der Waals surface area contributed by atoms with Crippen LogP contribution in [0.25, 0.3) is 16.8 Å². The van der Waals surface area contributed by atoms with Crippen molar-refractivity contribution >= 4 is 28.8 Å². The second-order valence-corrected chi connectivity index (χ2v) is 4.67. The number of ether oxygens (including phenoxy) is 1. The van der Waals surface area contributed by atoms with E-state index in [9.17, 15) is 0 Å². The zero-order valence-corrected chi connectivity index (χ0v) is 11.5. The zero-order valence-electron chi connectivity index (χ0n) is 9.97. The summed E-state index contributed by atoms with van der Waals surface area (Å²) in [5, 5.41) is 4.96. The predicted molar refractivity (Wildman–Crippen MR) is 75.0 cm³/mol. The van der Waals surface area contributed by atoms with Gasteiger partial charge in [0, 0.05) is 11.6 Å². The third-order valence-corrected chi connectivity index (χ3v) is 3.26. The monoisotopic (exact) mass is 293 g/mol. The van der Waals surface area contributed by atoms with Gasteiger partial charge in [0.25, 0.3) is 0 Å². The summed E-state index contributed by atoms with van der Waals surface area (Å²) in [5.74, 6) is 0.746. The molecule has 1 aromatic carbocycles. The van der Waals surface area contributed by atoms with E-state index in [1.807, 2.05) is 24.3 Å². The molecule has 0 N–H and O–H groups in total. The van der Waals surface area contributed by atoms with E-state index in [1.54, 1.807) is 19.4 Å². The third kappa shape index (κ3) is 2.03. The SMILES string of the molecule is COc1ccccc1-c1cnn2c(Cl)cc(Cl)nc12. The molecule has 0 radical (unpaired) electrons. The van der Waals surface area contributed by atoms with Crippen LogP contribution in [0.5, 0.6) is 5.75 Å². The highest BCUT2D eigenvalue weighted by molar-refractivity contribution is 6.33. The Morgan fingerprint density at radius 2 is 1.95 bits per heavy atom. The molecule has 0 unspecified atom stereocenters. The number of hydrogen-bond donors (Lipinski definition) is 0. The molecule has 0 amide bonds. The maximum Gasteiger partial charge on any atom is 0.166 e. The lowest BCUT2D eigenvalue weighted by atomic mass is 10.1. The van der Waals surface area contributed by atoms with Gasteiger partial charge in [0.15, 0.2) is 5.65 Å². The van der Waals surface area contributed by atoms with Gasteiger partial charge in [0.05, 0.1) is 18.9 Å². The molecule has 0 saturated heterocycles. The Morgan fingerprint density at radius 1 is 1.16 bits per heavy atom. The van der Waals surface area contributed by atoms with Crippen LogP contribution >= 0.6 is 23.2 Å². The topological polar surface area (TPSA) is 39.4 Å². The number of aromatic nitrogens is 3. The van der Waals surface area contributed by atoms with Gasteiger partial charge >= 0.3 is 0 Å². The lowest BCUT2D eigenvalue weighted by Gasteiger charge is -2.06. The van der Waals surface area contributed by atoms with Gasteiger partial charge in [-0.25, -0.2) is 9.50 Å². The summed E-state index contributed by atoms with van der Waals surface area (Å²) in [7, 11) is 1.62. The van der Waals surface area contributed by atoms with Gasteiger partial charge in [-0.3, -0.25) is 0 Å². The smallest absolute Gasteiger partial charge is 0.166 e. The van der Waals surface area contributed by atoms with Gasteiger partial charge in [0.2, 0.25) is 0 Å². The summed E-state index contributed by atoms with van der Waals surface area (Å²) in [4.78, 5) is 4.27. The van der Waals surface area contributed by atoms with Crippen molar-refractivity contribution in [2.75, 3.05) is 7.11 Å². The average Bonchev–Trinajstić information content (AvgIpc) is 2.82. The van der Waals surface area contributed by atoms with Gasteiger partial charge in [-0.05, 0) is 6.07 Å². The Balaban J connectivity index is 2.31. The van der Waals surface area contributed by atoms with Crippen molar-refractivity contribution in [3.63, 3.8) is 0 Å². The normalized spacial score (nSPS) is 10.9. The largest absolute Gasteiger partial charge is 0.496 e. The fourth-order valence-corrected chi connectivity index (χ4v) is 2.42. The quantitative estimate of drug-likeness (QED) is 0.676. The Bertz CT molecular complexity index is 755. The molecule has 0 saturated carbocycles. The van der Waals surface area contributed by atoms with Crippen LogP contribution in [0.4, 0.5) is 0 Å². The van der Waals surface area contributed by atoms with E-state index >= 15 is 0 Å². The van der Waals surface area contributed by atoms with Crippen molar-refractivity contribution < 1.29 is 4.74 Å². The van der Waals surface area contributed by atoms with Crippen LogP contribution in [-0.2, 0) is 0 Å². The molecule has 4 nitrogen and oxygen atoms in total. The Labute approximate surface area is 119 Å². The molecule has 0 fully saturated rings. The van der Waals surface area contributed by atoms with Crippen molar-refractivity contribution in [1.82, 2.24) is 14.6 Å². The Morgan fingerprint density at radius 3 is 2.74 bits per heavy atom. The molecule has 0 aliphatic heterocycles. The molecule has 0 aliphatic rings. The van der Waals surface area contributed by atoms with Crippen LogP contribution in [-0.4, -0.2) is 21.7 Å². The van der Waals surface area contributed by atoms with E-state index in [4.69, 9.17) is 27.9 Å². The number of rotatable bonds is 2. The maximum absolute atomic E-state index is 6.08. The third-order valence-electron chi connectivity index (χ3n) is 2.79. The zero-order chi connectivity index (χ0) is 13.4. The molecule has 2 aromatic heterocycles. The number of methoxy groups -OCH3 is 1. The Kier molecular flexibility index (Phi) is 3.05. The highest BCUT2D eigenvalue weighted by Gasteiger charge is 2.14. The van der Waals surface area contributed by atoms with E-state index in [-0.39, 0.29) is 0 Å². The molecule has 96 valence electrons. The van der Waals surface area contributed by atoms with Crippen LogP contribution in [0.1, 0.15) is 0 Å². The average molecular weight is 294 g/mol. The molecule has 19 heavy (non-hydrogen) atoms. The number of halogens is 2. The van der Waals surface area contributed by atoms with Crippen LogP contribution in [0, 0.1) is 0 Å². The summed E-state index contributed by atoms with van der Waals surface area (Å²) in [6, 6.07) is 9.20. The minimum atomic E-state index is 0.328. The standard InChI is InChI=1S/C13H9Cl2N3O/c1-19-10-5-3-2-4-8(10)9-7-16-18-12(15)6-11(14)17-13(9)18/h2-7H,1H3. The van der Waals surface area contributed by atoms with Crippen molar-refractivity contribution in [3.05, 3.63) is 46.8 Å². The Hall–Kier alpha value is -1.78. The summed E-state index contributed by atoms with van der Waals surface area (Å²) in [5.41, 5.74) is 2.31. The number of para-hydroxylation sites is 1. The number of nitrogens with zero attached hydrogens (tertiary/aromatic N) is 3. The van der Waals surface area contributed by atoms with Crippen LogP contribution in [0.2, 0.25) is 10.3 Å². The van der Waals surface area contributed by atoms with Crippen molar-refractivity contribution in [3.8, 4) is 16.9 Å². The van der Waals surface area contributed by atoms with Crippen molar-refractivity contribution in [1.29, 1.82) is 0 Å². The van der Waals surface area contributed by atoms with Gasteiger partial charge in [0.1, 0.15) is 16.1 Å². The van der Waals surface area contributed by atoms with E-state index in [0.29, 0.717) is 16.0 Å². The van der Waals surface area contributed by atoms with Gasteiger partial charge in [-0.2, -0.15) is 5.10 Å². The van der Waals surface area contributed by atoms with E-state index < -0.39 is 0 Å². The molecule has 3 rings (SSSR count). The molecule has 6 heteroatoms. The first-order chi connectivity index (χ1) is 9.20. The van der Waals surface area contributed by atoms with Crippen LogP contribution in [0.15, 0.2) is 36.5 Å². The van der Waals surface area contributed by atoms with Gasteiger partial charge < -0.3 is 4.74 Å². The molecule has 0 bridgehead atoms. The number of hydrogen-bond acceptors (Lipinski definition) is 3. The van der Waals surface area contributed by atoms with Crippen molar-refractivity contribution in [2.24, 2.45) is 0 Å². The summed E-state index contributed by atoms with van der Waals surface area (Å²) >= 11 is 12.0. The molecule has 3 aromatic rings. The minimum absolute atomic E-state index is 0.328. The fraction of sp³-hybridized carbons (Fsp3) is 0.0769. The van der Waals surface area contributed by atoms with Crippen molar-refractivity contribution in [2.45, 2.75) is 0 Å². The summed E-state index contributed by atoms with van der Waals surface area (Å²) in [6.07, 6.45) is 1.70. The summed E-state index contributed by atoms with van der Waals surface area (Å²) in [6.45, 7) is 0. The van der Waals surface area contributed by atoms with E-state index in [0.717, 1.165) is 16.9 Å². The first-order valence-corrected chi connectivity index (χ1v) is 6.29. The second-order valence-electron chi connectivity index (χ2n) is 3.90. The fourth-order valence-electron chi connectivity index (χ4n) is 1.96. The lowest BCUT2D eigenvalue weighted by Crippen LogP contribution is -1.93. The molecular weight excluding hydrogens is 285 g/mol. The van der Waals surface area contributed by atoms with E-state index in [2.05, 4.69) is 10.1 Å². The van der Waals surface area contributed by atoms with Gasteiger partial charge in [-0.15, -0.1) is 0 Å². The van der Waals surface area contributed by atoms with Gasteiger partial charge in [-0.1, -0.05) is 41.4 Å². The number of benzene rings is 1. The predicted octanol–water partition coefficient (Wildman–Crippen LogP) is 3.71. The van der Waals surface area contributed by atoms with E-state index in [1.165, 1.54) is 4.52 Å². The summed E-state index contributed by atoms with van der Waals surface area (Å²) < 4.78 is 6.88. The minimum Gasteiger partial charge on any atom is -0.496 e. The van der Waals surface area contributed by atoms with Crippen LogP contribution < -0.4 is 4.74 Å². The number of fused-ring (bicyclic) bond motifs is 1. The lowest BCUT2D eigenvalue weighted by molar-refractivity contribution is 0.416. The molecule has 0 atom stereocenters. The highest BCUT2D eigenvalue weighted by Crippen LogP contribution is 2.33. The maximum atomic E-state index is 6.08. The molecule has 2 heterocycles. The molecular formula is C13H9Cl2N3O. The first-order valence-electron chi connectivity index (χ1n) is 5.54. The first kappa shape index (κ1) is 12.3.